The van der Waals surface area contributed by atoms with Gasteiger partial charge in [0.25, 0.3) is 0 Å². The smallest absolute Gasteiger partial charge is 0.352 e. The van der Waals surface area contributed by atoms with Crippen molar-refractivity contribution in [2.75, 3.05) is 7.11 Å². The van der Waals surface area contributed by atoms with E-state index < -0.39 is 64.2 Å². The molecule has 2 aromatic carbocycles. The number of allylic oxidation sites excluding steroid dienone is 3. The Hall–Kier alpha value is -4.93. The van der Waals surface area contributed by atoms with Gasteiger partial charge in [-0.15, -0.1) is 0 Å². The first-order chi connectivity index (χ1) is 19.9. The summed E-state index contributed by atoms with van der Waals surface area (Å²) in [5.41, 5.74) is -3.10. The van der Waals surface area contributed by atoms with E-state index >= 15 is 0 Å². The SMILES string of the molecule is COC(=O)C1(C2CCC(=O)N2)CC(=O)c2c(cc3c(c2O)C2C=CC4(C3)C(=O)c3cc(C)cc(O)c3C(O)=C4C2=O)O1. The van der Waals surface area contributed by atoms with Crippen molar-refractivity contribution >= 4 is 35.0 Å². The lowest BCUT2D eigenvalue weighted by Gasteiger charge is -2.40. The molecular weight excluding hydrogens is 546 g/mol. The van der Waals surface area contributed by atoms with Gasteiger partial charge >= 0.3 is 5.97 Å². The molecule has 6 aliphatic rings. The van der Waals surface area contributed by atoms with Crippen molar-refractivity contribution < 1.29 is 48.8 Å². The minimum atomic E-state index is -1.89. The standard InChI is InChI=1S/C31H25NO10/c1-12-7-15-22(16(33)8-12)27(38)24-25(36)14-5-6-30(24,28(15)39)10-13-9-18-23(26(37)21(13)14)17(34)11-31(42-18,29(40)41-2)19-3-4-20(35)32-19/h5-9,14,19,33,37-38H,3-4,10-11H2,1-2H3,(H,32,35). The molecule has 0 aromatic heterocycles. The van der Waals surface area contributed by atoms with E-state index in [1.807, 2.05) is 0 Å². The predicted molar refractivity (Wildman–Crippen MR) is 143 cm³/mol. The molecule has 1 fully saturated rings. The van der Waals surface area contributed by atoms with Crippen LogP contribution < -0.4 is 10.1 Å². The van der Waals surface area contributed by atoms with Gasteiger partial charge in [0.1, 0.15) is 28.6 Å². The van der Waals surface area contributed by atoms with Crippen LogP contribution in [0.1, 0.15) is 68.2 Å². The Bertz CT molecular complexity index is 1780. The molecule has 2 bridgehead atoms. The van der Waals surface area contributed by atoms with Gasteiger partial charge in [-0.1, -0.05) is 12.2 Å². The van der Waals surface area contributed by atoms with Gasteiger partial charge < -0.3 is 30.1 Å². The quantitative estimate of drug-likeness (QED) is 0.309. The number of hydrogen-bond donors (Lipinski definition) is 4. The van der Waals surface area contributed by atoms with Crippen LogP contribution in [0.5, 0.6) is 17.2 Å². The Morgan fingerprint density at radius 2 is 1.83 bits per heavy atom. The lowest BCUT2D eigenvalue weighted by atomic mass is 9.62. The van der Waals surface area contributed by atoms with Crippen LogP contribution in [-0.2, 0) is 25.5 Å². The summed E-state index contributed by atoms with van der Waals surface area (Å²) in [5, 5.41) is 36.2. The molecule has 1 amide bonds. The Morgan fingerprint density at radius 3 is 2.52 bits per heavy atom. The number of aliphatic hydroxyl groups excluding tert-OH is 1. The van der Waals surface area contributed by atoms with Crippen molar-refractivity contribution in [3.05, 3.63) is 69.3 Å². The van der Waals surface area contributed by atoms with Crippen LogP contribution in [0.3, 0.4) is 0 Å². The number of aromatic hydroxyl groups is 2. The molecule has 11 heteroatoms. The van der Waals surface area contributed by atoms with Crippen LogP contribution in [0.15, 0.2) is 35.9 Å². The number of aliphatic hydroxyl groups is 1. The van der Waals surface area contributed by atoms with Crippen LogP contribution in [-0.4, -0.2) is 63.3 Å². The zero-order valence-electron chi connectivity index (χ0n) is 22.6. The number of carbonyl (C=O) groups excluding carboxylic acids is 5. The Balaban J connectivity index is 1.43. The van der Waals surface area contributed by atoms with Crippen molar-refractivity contribution in [3.8, 4) is 17.2 Å². The first kappa shape index (κ1) is 26.0. The van der Waals surface area contributed by atoms with E-state index in [9.17, 15) is 39.3 Å². The monoisotopic (exact) mass is 571 g/mol. The number of phenols is 2. The fourth-order valence-corrected chi connectivity index (χ4v) is 7.34. The number of ether oxygens (including phenoxy) is 2. The number of nitrogens with one attached hydrogen (secondary N) is 1. The first-order valence-corrected chi connectivity index (χ1v) is 13.5. The van der Waals surface area contributed by atoms with Crippen LogP contribution in [0.2, 0.25) is 0 Å². The normalized spacial score (nSPS) is 28.8. The Morgan fingerprint density at radius 1 is 1.07 bits per heavy atom. The van der Waals surface area contributed by atoms with Gasteiger partial charge in [-0.25, -0.2) is 4.79 Å². The third kappa shape index (κ3) is 3.07. The summed E-state index contributed by atoms with van der Waals surface area (Å²) in [7, 11) is 1.14. The number of amides is 1. The van der Waals surface area contributed by atoms with Gasteiger partial charge in [-0.3, -0.25) is 19.2 Å². The second kappa shape index (κ2) is 8.31. The second-order valence-electron chi connectivity index (χ2n) is 11.5. The molecule has 11 nitrogen and oxygen atoms in total. The summed E-state index contributed by atoms with van der Waals surface area (Å²) in [5.74, 6) is -5.69. The molecule has 1 spiro atoms. The van der Waals surface area contributed by atoms with Crippen LogP contribution in [0, 0.1) is 12.3 Å². The van der Waals surface area contributed by atoms with E-state index in [-0.39, 0.29) is 64.5 Å². The molecule has 4 N–H and O–H groups in total. The summed E-state index contributed by atoms with van der Waals surface area (Å²) in [4.78, 5) is 66.8. The van der Waals surface area contributed by atoms with Gasteiger partial charge in [0.2, 0.25) is 11.5 Å². The molecule has 0 radical (unpaired) electrons. The van der Waals surface area contributed by atoms with Crippen molar-refractivity contribution in [2.45, 2.75) is 50.2 Å². The Kier molecular flexibility index (Phi) is 5.14. The van der Waals surface area contributed by atoms with E-state index in [0.29, 0.717) is 11.1 Å². The fourth-order valence-electron chi connectivity index (χ4n) is 7.34. The number of fused-ring (bicyclic) bond motifs is 2. The molecule has 2 heterocycles. The van der Waals surface area contributed by atoms with Gasteiger partial charge in [-0.05, 0) is 49.1 Å². The summed E-state index contributed by atoms with van der Waals surface area (Å²) in [6.07, 6.45) is 2.64. The molecule has 42 heavy (non-hydrogen) atoms. The second-order valence-corrected chi connectivity index (χ2v) is 11.5. The highest BCUT2D eigenvalue weighted by molar-refractivity contribution is 6.23. The maximum absolute atomic E-state index is 14.1. The number of benzene rings is 2. The van der Waals surface area contributed by atoms with Gasteiger partial charge in [0, 0.05) is 17.5 Å². The average Bonchev–Trinajstić information content (AvgIpc) is 3.26. The van der Waals surface area contributed by atoms with Crippen molar-refractivity contribution in [1.82, 2.24) is 5.32 Å². The number of hydrogen-bond acceptors (Lipinski definition) is 10. The van der Waals surface area contributed by atoms with Crippen LogP contribution in [0.4, 0.5) is 0 Å². The third-order valence-corrected chi connectivity index (χ3v) is 9.19. The lowest BCUT2D eigenvalue weighted by molar-refractivity contribution is -0.162. The number of esters is 1. The number of rotatable bonds is 2. The number of methoxy groups -OCH3 is 1. The van der Waals surface area contributed by atoms with Crippen molar-refractivity contribution in [2.24, 2.45) is 5.41 Å². The van der Waals surface area contributed by atoms with Gasteiger partial charge in [0.05, 0.1) is 42.0 Å². The van der Waals surface area contributed by atoms with E-state index in [1.54, 1.807) is 6.92 Å². The number of aryl methyl sites for hydroxylation is 1. The molecule has 2 aromatic rings. The van der Waals surface area contributed by atoms with Crippen LogP contribution >= 0.6 is 0 Å². The maximum Gasteiger partial charge on any atom is 0.352 e. The number of Topliss-reactive ketones (excluding diaryl/α,β-unsaturated/α-hetero) is 3. The molecule has 2 aliphatic heterocycles. The zero-order chi connectivity index (χ0) is 29.9. The number of phenolic OH excluding ortho intramolecular Hbond substituents is 2. The summed E-state index contributed by atoms with van der Waals surface area (Å²) >= 11 is 0. The number of carbonyl (C=O) groups is 5. The van der Waals surface area contributed by atoms with E-state index in [0.717, 1.165) is 7.11 Å². The summed E-state index contributed by atoms with van der Waals surface area (Å²) in [6, 6.07) is 3.48. The van der Waals surface area contributed by atoms with Gasteiger partial charge in [0.15, 0.2) is 17.3 Å². The topological polar surface area (TPSA) is 177 Å². The highest BCUT2D eigenvalue weighted by atomic mass is 16.6. The minimum Gasteiger partial charge on any atom is -0.507 e. The summed E-state index contributed by atoms with van der Waals surface area (Å²) in [6.45, 7) is 1.68. The third-order valence-electron chi connectivity index (χ3n) is 9.19. The highest BCUT2D eigenvalue weighted by Crippen LogP contribution is 2.58. The maximum atomic E-state index is 14.1. The predicted octanol–water partition coefficient (Wildman–Crippen LogP) is 2.49. The molecule has 4 atom stereocenters. The molecule has 1 saturated heterocycles. The average molecular weight is 572 g/mol. The molecule has 8 rings (SSSR count). The molecule has 4 aliphatic carbocycles. The van der Waals surface area contributed by atoms with Crippen molar-refractivity contribution in [3.63, 3.8) is 0 Å². The first-order valence-electron chi connectivity index (χ1n) is 13.5. The van der Waals surface area contributed by atoms with E-state index in [2.05, 4.69) is 5.32 Å². The zero-order valence-corrected chi connectivity index (χ0v) is 22.6. The Labute approximate surface area is 238 Å². The lowest BCUT2D eigenvalue weighted by Crippen LogP contribution is -2.61. The van der Waals surface area contributed by atoms with Crippen LogP contribution in [0.25, 0.3) is 5.76 Å². The number of ketones is 3. The largest absolute Gasteiger partial charge is 0.507 e. The van der Waals surface area contributed by atoms with E-state index in [4.69, 9.17) is 9.47 Å². The molecule has 0 saturated carbocycles. The van der Waals surface area contributed by atoms with E-state index in [1.165, 1.54) is 30.4 Å². The fraction of sp³-hybridized carbons (Fsp3) is 0.323. The molecular formula is C31H25NO10. The minimum absolute atomic E-state index is 0.0448. The molecule has 4 unspecified atom stereocenters. The van der Waals surface area contributed by atoms with Gasteiger partial charge in [-0.2, -0.15) is 0 Å². The highest BCUT2D eigenvalue weighted by Gasteiger charge is 2.59. The molecule has 214 valence electrons. The van der Waals surface area contributed by atoms with Crippen molar-refractivity contribution in [1.29, 1.82) is 0 Å². The summed E-state index contributed by atoms with van der Waals surface area (Å²) < 4.78 is 11.2.